The molecule has 13 heteroatoms. The van der Waals surface area contributed by atoms with Crippen molar-refractivity contribution in [2.75, 3.05) is 31.5 Å². The molecule has 11 nitrogen and oxygen atoms in total. The van der Waals surface area contributed by atoms with E-state index in [1.54, 1.807) is 42.2 Å². The molecule has 1 saturated heterocycles. The van der Waals surface area contributed by atoms with Crippen molar-refractivity contribution < 1.29 is 28.0 Å². The van der Waals surface area contributed by atoms with Crippen molar-refractivity contribution in [2.45, 2.75) is 83.5 Å². The number of nitrogens with zero attached hydrogens (tertiary/aromatic N) is 4. The summed E-state index contributed by atoms with van der Waals surface area (Å²) < 4.78 is 29.5. The third-order valence-electron chi connectivity index (χ3n) is 9.60. The van der Waals surface area contributed by atoms with Crippen molar-refractivity contribution in [3.05, 3.63) is 83.7 Å². The van der Waals surface area contributed by atoms with Crippen molar-refractivity contribution in [1.29, 1.82) is 0 Å². The first-order valence-corrected chi connectivity index (χ1v) is 17.5. The fourth-order valence-electron chi connectivity index (χ4n) is 6.65. The molecule has 2 heterocycles. The average molecular weight is 692 g/mol. The van der Waals surface area contributed by atoms with Gasteiger partial charge < -0.3 is 20.9 Å². The van der Waals surface area contributed by atoms with Crippen molar-refractivity contribution in [1.82, 2.24) is 30.2 Å². The Balaban J connectivity index is 1.22. The minimum atomic E-state index is -2.79. The molecule has 1 aliphatic heterocycles. The summed E-state index contributed by atoms with van der Waals surface area (Å²) in [4.78, 5) is 57.0. The van der Waals surface area contributed by atoms with E-state index < -0.39 is 35.7 Å². The maximum atomic E-state index is 14.0. The van der Waals surface area contributed by atoms with Gasteiger partial charge in [0, 0.05) is 76.8 Å². The van der Waals surface area contributed by atoms with Crippen LogP contribution in [-0.4, -0.2) is 87.4 Å². The molecule has 1 aliphatic carbocycles. The van der Waals surface area contributed by atoms with Gasteiger partial charge in [0.05, 0.1) is 0 Å². The van der Waals surface area contributed by atoms with E-state index >= 15 is 0 Å². The first-order chi connectivity index (χ1) is 24.0. The van der Waals surface area contributed by atoms with Crippen LogP contribution in [0.5, 0.6) is 0 Å². The van der Waals surface area contributed by atoms with Crippen LogP contribution in [0.4, 0.5) is 14.5 Å². The largest absolute Gasteiger partial charge is 0.344 e. The van der Waals surface area contributed by atoms with E-state index in [2.05, 4.69) is 38.1 Å². The van der Waals surface area contributed by atoms with Gasteiger partial charge in [-0.25, -0.2) is 8.78 Å². The van der Waals surface area contributed by atoms with Gasteiger partial charge in [-0.1, -0.05) is 49.4 Å². The summed E-state index contributed by atoms with van der Waals surface area (Å²) in [6, 6.07) is 16.9. The van der Waals surface area contributed by atoms with E-state index in [4.69, 9.17) is 0 Å². The number of amides is 4. The van der Waals surface area contributed by atoms with Crippen LogP contribution < -0.4 is 16.0 Å². The van der Waals surface area contributed by atoms with Crippen LogP contribution in [0, 0.1) is 5.92 Å². The molecule has 268 valence electrons. The second kappa shape index (κ2) is 16.8. The highest BCUT2D eigenvalue weighted by atomic mass is 19.3. The van der Waals surface area contributed by atoms with Crippen molar-refractivity contribution in [2.24, 2.45) is 5.92 Å². The van der Waals surface area contributed by atoms with Gasteiger partial charge in [0.15, 0.2) is 0 Å². The van der Waals surface area contributed by atoms with E-state index in [0.29, 0.717) is 25.3 Å². The summed E-state index contributed by atoms with van der Waals surface area (Å²) in [5, 5.41) is 12.6. The zero-order valence-corrected chi connectivity index (χ0v) is 28.7. The molecule has 0 spiro atoms. The van der Waals surface area contributed by atoms with Crippen LogP contribution in [0.2, 0.25) is 0 Å². The van der Waals surface area contributed by atoms with Crippen molar-refractivity contribution in [3.8, 4) is 0 Å². The molecule has 3 aromatic rings. The Morgan fingerprint density at radius 1 is 0.880 bits per heavy atom. The molecule has 50 heavy (non-hydrogen) atoms. The molecule has 2 atom stereocenters. The van der Waals surface area contributed by atoms with Gasteiger partial charge in [-0.05, 0) is 55.0 Å². The van der Waals surface area contributed by atoms with Gasteiger partial charge in [0.1, 0.15) is 17.8 Å². The molecule has 5 rings (SSSR count). The van der Waals surface area contributed by atoms with E-state index in [0.717, 1.165) is 25.2 Å². The molecule has 2 aromatic carbocycles. The fourth-order valence-corrected chi connectivity index (χ4v) is 6.65. The van der Waals surface area contributed by atoms with Crippen molar-refractivity contribution >= 4 is 29.3 Å². The molecule has 4 amide bonds. The summed E-state index contributed by atoms with van der Waals surface area (Å²) >= 11 is 0. The number of hydrogen-bond donors (Lipinski definition) is 3. The minimum Gasteiger partial charge on any atom is -0.344 e. The molecule has 0 radical (unpaired) electrons. The topological polar surface area (TPSA) is 129 Å². The SMILES string of the molecule is CCC(=O)NC(Cc1ccc(NC(=O)C(NC(=O)c2ccnn2CC)C2CCC(F)(F)CC2)cc1)C(=O)N1CCN(Cc2ccccc2)CC1. The standard InChI is InChI=1S/C37H47F2N7O4/c1-3-32(47)42-30(36(50)45-22-20-44(21-23-45)25-27-8-6-5-7-9-27)24-26-10-12-29(13-11-26)41-35(49)33(28-14-17-37(38,39)18-15-28)43-34(48)31-16-19-40-46(31)4-2/h5-13,16,19,28,30,33H,3-4,14-15,17-18,20-25H2,1-2H3,(H,41,49)(H,42,47)(H,43,48). The van der Waals surface area contributed by atoms with Gasteiger partial charge >= 0.3 is 0 Å². The first kappa shape index (κ1) is 36.6. The van der Waals surface area contributed by atoms with Crippen LogP contribution in [0.3, 0.4) is 0 Å². The number of anilines is 1. The Kier molecular flexibility index (Phi) is 12.3. The molecule has 1 saturated carbocycles. The molecule has 3 N–H and O–H groups in total. The summed E-state index contributed by atoms with van der Waals surface area (Å²) in [7, 11) is 0. The molecular formula is C37H47F2N7O4. The Morgan fingerprint density at radius 3 is 2.20 bits per heavy atom. The second-order valence-electron chi connectivity index (χ2n) is 13.1. The summed E-state index contributed by atoms with van der Waals surface area (Å²) in [6.07, 6.45) is 1.50. The number of rotatable bonds is 13. The van der Waals surface area contributed by atoms with Crippen LogP contribution in [0.1, 0.15) is 67.6 Å². The highest BCUT2D eigenvalue weighted by Gasteiger charge is 2.40. The number of aromatic nitrogens is 2. The summed E-state index contributed by atoms with van der Waals surface area (Å²) in [6.45, 7) is 7.43. The maximum Gasteiger partial charge on any atom is 0.270 e. The maximum absolute atomic E-state index is 14.0. The molecular weight excluding hydrogens is 644 g/mol. The number of halogens is 2. The minimum absolute atomic E-state index is 0.0956. The number of piperazine rings is 1. The fraction of sp³-hybridized carbons (Fsp3) is 0.486. The lowest BCUT2D eigenvalue weighted by atomic mass is 9.81. The first-order valence-electron chi connectivity index (χ1n) is 17.5. The number of carbonyl (C=O) groups is 4. The van der Waals surface area contributed by atoms with Crippen LogP contribution in [0.25, 0.3) is 0 Å². The van der Waals surface area contributed by atoms with Gasteiger partial charge in [0.2, 0.25) is 23.6 Å². The number of benzene rings is 2. The molecule has 2 aliphatic rings. The lowest BCUT2D eigenvalue weighted by Gasteiger charge is -2.36. The van der Waals surface area contributed by atoms with Crippen LogP contribution in [0.15, 0.2) is 66.9 Å². The predicted octanol–water partition coefficient (Wildman–Crippen LogP) is 4.25. The normalized spacial score (nSPS) is 17.8. The summed E-state index contributed by atoms with van der Waals surface area (Å²) in [5.74, 6) is -4.61. The molecule has 0 bridgehead atoms. The van der Waals surface area contributed by atoms with E-state index in [1.165, 1.54) is 16.4 Å². The molecule has 1 aromatic heterocycles. The zero-order chi connectivity index (χ0) is 35.7. The Hall–Kier alpha value is -4.65. The number of aryl methyl sites for hydroxylation is 1. The zero-order valence-electron chi connectivity index (χ0n) is 28.7. The highest BCUT2D eigenvalue weighted by Crippen LogP contribution is 2.37. The number of hydrogen-bond acceptors (Lipinski definition) is 6. The lowest BCUT2D eigenvalue weighted by Crippen LogP contribution is -2.55. The van der Waals surface area contributed by atoms with Crippen LogP contribution in [-0.2, 0) is 33.9 Å². The van der Waals surface area contributed by atoms with Gasteiger partial charge in [0.25, 0.3) is 5.91 Å². The third-order valence-corrected chi connectivity index (χ3v) is 9.60. The number of nitrogens with one attached hydrogen (secondary N) is 3. The summed E-state index contributed by atoms with van der Waals surface area (Å²) in [5.41, 5.74) is 2.74. The van der Waals surface area contributed by atoms with Gasteiger partial charge in [-0.3, -0.25) is 28.8 Å². The van der Waals surface area contributed by atoms with E-state index in [1.807, 2.05) is 25.1 Å². The van der Waals surface area contributed by atoms with E-state index in [9.17, 15) is 28.0 Å². The quantitative estimate of drug-likeness (QED) is 0.246. The van der Waals surface area contributed by atoms with Crippen molar-refractivity contribution in [3.63, 3.8) is 0 Å². The Labute approximate surface area is 291 Å². The lowest BCUT2D eigenvalue weighted by molar-refractivity contribution is -0.138. The van der Waals surface area contributed by atoms with Gasteiger partial charge in [-0.2, -0.15) is 5.10 Å². The Morgan fingerprint density at radius 2 is 1.56 bits per heavy atom. The average Bonchev–Trinajstić information content (AvgIpc) is 3.61. The van der Waals surface area contributed by atoms with E-state index in [-0.39, 0.29) is 56.0 Å². The number of alkyl halides is 2. The Bertz CT molecular complexity index is 1600. The molecule has 2 fully saturated rings. The van der Waals surface area contributed by atoms with Crippen LogP contribution >= 0.6 is 0 Å². The van der Waals surface area contributed by atoms with Gasteiger partial charge in [-0.15, -0.1) is 0 Å². The molecule has 2 unspecified atom stereocenters. The predicted molar refractivity (Wildman–Crippen MR) is 185 cm³/mol. The monoisotopic (exact) mass is 691 g/mol. The second-order valence-corrected chi connectivity index (χ2v) is 13.1. The smallest absolute Gasteiger partial charge is 0.270 e. The number of carbonyl (C=O) groups excluding carboxylic acids is 4. The third kappa shape index (κ3) is 9.74. The highest BCUT2D eigenvalue weighted by molar-refractivity contribution is 6.00.